The van der Waals surface area contributed by atoms with Gasteiger partial charge in [-0.1, -0.05) is 36.4 Å². The van der Waals surface area contributed by atoms with E-state index in [1.807, 2.05) is 7.05 Å². The molecule has 1 N–H and O–H groups in total. The number of anilines is 1. The second-order valence-electron chi connectivity index (χ2n) is 5.10. The van der Waals surface area contributed by atoms with Crippen molar-refractivity contribution in [2.75, 3.05) is 25.5 Å². The fourth-order valence-electron chi connectivity index (χ4n) is 2.22. The average Bonchev–Trinajstić information content (AvgIpc) is 2.48. The number of benzene rings is 1. The predicted molar refractivity (Wildman–Crippen MR) is 85.2 cm³/mol. The van der Waals surface area contributed by atoms with Crippen LogP contribution >= 0.6 is 0 Å². The molecule has 0 radical (unpaired) electrons. The first-order valence-corrected chi connectivity index (χ1v) is 7.07. The molecule has 0 aliphatic rings. The lowest BCUT2D eigenvalue weighted by Crippen LogP contribution is -2.22. The lowest BCUT2D eigenvalue weighted by atomic mass is 10.1. The molecule has 1 aromatic heterocycles. The molecule has 106 valence electrons. The van der Waals surface area contributed by atoms with Crippen LogP contribution in [0.15, 0.2) is 42.5 Å². The Balaban J connectivity index is 1.98. The van der Waals surface area contributed by atoms with Crippen LogP contribution in [0.1, 0.15) is 16.8 Å². The third-order valence-electron chi connectivity index (χ3n) is 3.52. The molecule has 0 saturated carbocycles. The van der Waals surface area contributed by atoms with Crippen LogP contribution in [0, 0.1) is 6.92 Å². The molecule has 0 unspecified atom stereocenters. The first kappa shape index (κ1) is 14.5. The maximum Gasteiger partial charge on any atom is 0.128 e. The molecule has 1 aromatic carbocycles. The molecule has 0 bridgehead atoms. The summed E-state index contributed by atoms with van der Waals surface area (Å²) in [5, 5.41) is 3.17. The van der Waals surface area contributed by atoms with Crippen LogP contribution in [0.3, 0.4) is 0 Å². The van der Waals surface area contributed by atoms with E-state index in [0.29, 0.717) is 0 Å². The van der Waals surface area contributed by atoms with Crippen molar-refractivity contribution < 1.29 is 0 Å². The number of rotatable bonds is 6. The Morgan fingerprint density at radius 3 is 2.50 bits per heavy atom. The van der Waals surface area contributed by atoms with Crippen LogP contribution in [0.2, 0.25) is 0 Å². The quantitative estimate of drug-likeness (QED) is 0.874. The monoisotopic (exact) mass is 269 g/mol. The molecule has 0 saturated heterocycles. The van der Waals surface area contributed by atoms with E-state index in [1.165, 1.54) is 11.1 Å². The van der Waals surface area contributed by atoms with Crippen LogP contribution in [-0.2, 0) is 13.0 Å². The van der Waals surface area contributed by atoms with E-state index in [9.17, 15) is 0 Å². The number of pyridine rings is 1. The van der Waals surface area contributed by atoms with Gasteiger partial charge in [-0.2, -0.15) is 0 Å². The molecule has 2 rings (SSSR count). The molecule has 3 heteroatoms. The van der Waals surface area contributed by atoms with Crippen LogP contribution in [0.5, 0.6) is 0 Å². The number of hydrogen-bond acceptors (Lipinski definition) is 3. The minimum Gasteiger partial charge on any atom is -0.359 e. The zero-order valence-electron chi connectivity index (χ0n) is 12.6. The summed E-state index contributed by atoms with van der Waals surface area (Å²) in [5.74, 6) is 1.04. The summed E-state index contributed by atoms with van der Waals surface area (Å²) in [6, 6.07) is 14.8. The standard InChI is InChI=1S/C17H23N3/c1-14-16(13-18-2)9-10-17(19-14)20(3)12-11-15-7-5-4-6-8-15/h4-10,18H,11-13H2,1-3H3. The third kappa shape index (κ3) is 3.81. The lowest BCUT2D eigenvalue weighted by Gasteiger charge is -2.19. The second-order valence-corrected chi connectivity index (χ2v) is 5.10. The van der Waals surface area contributed by atoms with Gasteiger partial charge in [0.25, 0.3) is 0 Å². The van der Waals surface area contributed by atoms with Gasteiger partial charge in [-0.3, -0.25) is 0 Å². The molecule has 0 aliphatic heterocycles. The fraction of sp³-hybridized carbons (Fsp3) is 0.353. The van der Waals surface area contributed by atoms with Gasteiger partial charge in [-0.25, -0.2) is 4.98 Å². The molecule has 0 fully saturated rings. The minimum absolute atomic E-state index is 0.868. The van der Waals surface area contributed by atoms with E-state index in [-0.39, 0.29) is 0 Å². The summed E-state index contributed by atoms with van der Waals surface area (Å²) in [5.41, 5.74) is 3.72. The minimum atomic E-state index is 0.868. The SMILES string of the molecule is CNCc1ccc(N(C)CCc2ccccc2)nc1C. The molecule has 0 atom stereocenters. The molecular weight excluding hydrogens is 246 g/mol. The molecule has 0 spiro atoms. The van der Waals surface area contributed by atoms with Crippen molar-refractivity contribution in [3.63, 3.8) is 0 Å². The zero-order chi connectivity index (χ0) is 14.4. The maximum atomic E-state index is 4.69. The Morgan fingerprint density at radius 2 is 1.85 bits per heavy atom. The van der Waals surface area contributed by atoms with E-state index < -0.39 is 0 Å². The molecular formula is C17H23N3. The Bertz CT molecular complexity index is 537. The second kappa shape index (κ2) is 7.06. The largest absolute Gasteiger partial charge is 0.359 e. The summed E-state index contributed by atoms with van der Waals surface area (Å²) in [4.78, 5) is 6.90. The Morgan fingerprint density at radius 1 is 1.10 bits per heavy atom. The number of nitrogens with zero attached hydrogens (tertiary/aromatic N) is 2. The normalized spacial score (nSPS) is 10.6. The van der Waals surface area contributed by atoms with Gasteiger partial charge < -0.3 is 10.2 Å². The average molecular weight is 269 g/mol. The van der Waals surface area contributed by atoms with Gasteiger partial charge in [0.05, 0.1) is 0 Å². The van der Waals surface area contributed by atoms with Crippen molar-refractivity contribution >= 4 is 5.82 Å². The van der Waals surface area contributed by atoms with E-state index in [1.54, 1.807) is 0 Å². The number of nitrogens with one attached hydrogen (secondary N) is 1. The highest BCUT2D eigenvalue weighted by Crippen LogP contribution is 2.14. The topological polar surface area (TPSA) is 28.2 Å². The van der Waals surface area contributed by atoms with Gasteiger partial charge in [0.15, 0.2) is 0 Å². The lowest BCUT2D eigenvalue weighted by molar-refractivity contribution is 0.798. The van der Waals surface area contributed by atoms with Gasteiger partial charge >= 0.3 is 0 Å². The Kier molecular flexibility index (Phi) is 5.13. The third-order valence-corrected chi connectivity index (χ3v) is 3.52. The van der Waals surface area contributed by atoms with Gasteiger partial charge in [-0.15, -0.1) is 0 Å². The van der Waals surface area contributed by atoms with E-state index in [4.69, 9.17) is 0 Å². The summed E-state index contributed by atoms with van der Waals surface area (Å²) in [6.07, 6.45) is 1.04. The van der Waals surface area contributed by atoms with Crippen molar-refractivity contribution in [1.29, 1.82) is 0 Å². The highest BCUT2D eigenvalue weighted by molar-refractivity contribution is 5.41. The van der Waals surface area contributed by atoms with Crippen LogP contribution < -0.4 is 10.2 Å². The molecule has 2 aromatic rings. The zero-order valence-corrected chi connectivity index (χ0v) is 12.6. The van der Waals surface area contributed by atoms with Crippen molar-refractivity contribution in [3.8, 4) is 0 Å². The number of likely N-dealkylation sites (N-methyl/N-ethyl adjacent to an activating group) is 1. The van der Waals surface area contributed by atoms with Gasteiger partial charge in [0, 0.05) is 25.8 Å². The summed E-state index contributed by atoms with van der Waals surface area (Å²) in [7, 11) is 4.06. The highest BCUT2D eigenvalue weighted by atomic mass is 15.2. The molecule has 0 aliphatic carbocycles. The van der Waals surface area contributed by atoms with Crippen molar-refractivity contribution in [1.82, 2.24) is 10.3 Å². The van der Waals surface area contributed by atoms with Crippen LogP contribution in [-0.4, -0.2) is 25.6 Å². The fourth-order valence-corrected chi connectivity index (χ4v) is 2.22. The van der Waals surface area contributed by atoms with E-state index in [2.05, 4.69) is 71.6 Å². The summed E-state index contributed by atoms with van der Waals surface area (Å²) < 4.78 is 0. The van der Waals surface area contributed by atoms with Crippen LogP contribution in [0.25, 0.3) is 0 Å². The highest BCUT2D eigenvalue weighted by Gasteiger charge is 2.05. The molecule has 0 amide bonds. The molecule has 20 heavy (non-hydrogen) atoms. The summed E-state index contributed by atoms with van der Waals surface area (Å²) >= 11 is 0. The van der Waals surface area contributed by atoms with Crippen molar-refractivity contribution in [3.05, 3.63) is 59.3 Å². The van der Waals surface area contributed by atoms with E-state index in [0.717, 1.165) is 31.0 Å². The van der Waals surface area contributed by atoms with Crippen molar-refractivity contribution in [2.24, 2.45) is 0 Å². The van der Waals surface area contributed by atoms with Crippen molar-refractivity contribution in [2.45, 2.75) is 19.9 Å². The van der Waals surface area contributed by atoms with Gasteiger partial charge in [0.1, 0.15) is 5.82 Å². The Hall–Kier alpha value is -1.87. The summed E-state index contributed by atoms with van der Waals surface area (Å²) in [6.45, 7) is 3.91. The molecule has 1 heterocycles. The van der Waals surface area contributed by atoms with Crippen LogP contribution in [0.4, 0.5) is 5.82 Å². The smallest absolute Gasteiger partial charge is 0.128 e. The number of aryl methyl sites for hydroxylation is 1. The number of hydrogen-bond donors (Lipinski definition) is 1. The molecule has 3 nitrogen and oxygen atoms in total. The first-order chi connectivity index (χ1) is 9.70. The Labute approximate surface area is 121 Å². The van der Waals surface area contributed by atoms with Gasteiger partial charge in [0.2, 0.25) is 0 Å². The maximum absolute atomic E-state index is 4.69. The number of aromatic nitrogens is 1. The first-order valence-electron chi connectivity index (χ1n) is 7.07. The van der Waals surface area contributed by atoms with Gasteiger partial charge in [-0.05, 0) is 37.6 Å². The predicted octanol–water partition coefficient (Wildman–Crippen LogP) is 2.79. The van der Waals surface area contributed by atoms with E-state index >= 15 is 0 Å².